The van der Waals surface area contributed by atoms with Gasteiger partial charge in [0, 0.05) is 17.7 Å². The summed E-state index contributed by atoms with van der Waals surface area (Å²) in [6.45, 7) is 6.54. The summed E-state index contributed by atoms with van der Waals surface area (Å²) in [5.41, 5.74) is 9.41. The van der Waals surface area contributed by atoms with Gasteiger partial charge < -0.3 is 5.73 Å². The Labute approximate surface area is 120 Å². The predicted octanol–water partition coefficient (Wildman–Crippen LogP) is 3.99. The first kappa shape index (κ1) is 14.3. The summed E-state index contributed by atoms with van der Waals surface area (Å²) < 4.78 is 0. The minimum absolute atomic E-state index is 0.0617. The summed E-state index contributed by atoms with van der Waals surface area (Å²) in [5, 5.41) is 0. The van der Waals surface area contributed by atoms with Gasteiger partial charge in [0.25, 0.3) is 0 Å². The molecule has 0 aliphatic heterocycles. The van der Waals surface area contributed by atoms with E-state index >= 15 is 0 Å². The average Bonchev–Trinajstić information content (AvgIpc) is 2.38. The number of anilines is 1. The van der Waals surface area contributed by atoms with Gasteiger partial charge in [0.2, 0.25) is 0 Å². The van der Waals surface area contributed by atoms with Crippen molar-refractivity contribution in [3.05, 3.63) is 65.2 Å². The summed E-state index contributed by atoms with van der Waals surface area (Å²) in [4.78, 5) is 12.2. The molecule has 0 saturated carbocycles. The molecule has 2 N–H and O–H groups in total. The van der Waals surface area contributed by atoms with Crippen LogP contribution in [-0.2, 0) is 11.8 Å². The zero-order valence-corrected chi connectivity index (χ0v) is 12.3. The fraction of sp³-hybridized carbons (Fsp3) is 0.278. The van der Waals surface area contributed by atoms with Crippen molar-refractivity contribution in [2.45, 2.75) is 32.6 Å². The number of para-hydroxylation sites is 1. The highest BCUT2D eigenvalue weighted by Gasteiger charge is 2.14. The zero-order chi connectivity index (χ0) is 14.8. The predicted molar refractivity (Wildman–Crippen MR) is 84.0 cm³/mol. The minimum Gasteiger partial charge on any atom is -0.398 e. The topological polar surface area (TPSA) is 43.1 Å². The van der Waals surface area contributed by atoms with E-state index in [0.29, 0.717) is 17.7 Å². The Balaban J connectivity index is 2.15. The van der Waals surface area contributed by atoms with Gasteiger partial charge in [-0.2, -0.15) is 0 Å². The normalized spacial score (nSPS) is 11.3. The molecule has 0 saturated heterocycles. The maximum atomic E-state index is 12.2. The number of carbonyl (C=O) groups is 1. The van der Waals surface area contributed by atoms with E-state index in [9.17, 15) is 4.79 Å². The molecule has 0 unspecified atom stereocenters. The molecule has 0 aliphatic carbocycles. The summed E-state index contributed by atoms with van der Waals surface area (Å²) >= 11 is 0. The first-order chi connectivity index (χ1) is 9.38. The van der Waals surface area contributed by atoms with Crippen LogP contribution in [0.3, 0.4) is 0 Å². The van der Waals surface area contributed by atoms with Crippen molar-refractivity contribution in [1.29, 1.82) is 0 Å². The number of benzene rings is 2. The van der Waals surface area contributed by atoms with Crippen LogP contribution in [0, 0.1) is 0 Å². The molecule has 0 fully saturated rings. The summed E-state index contributed by atoms with van der Waals surface area (Å²) in [6, 6.07) is 15.5. The van der Waals surface area contributed by atoms with E-state index in [4.69, 9.17) is 5.73 Å². The molecule has 104 valence electrons. The minimum atomic E-state index is 0.0617. The number of nitrogens with two attached hydrogens (primary N) is 1. The Kier molecular flexibility index (Phi) is 3.93. The molecular weight excluding hydrogens is 246 g/mol. The van der Waals surface area contributed by atoms with Crippen molar-refractivity contribution >= 4 is 11.5 Å². The number of carbonyl (C=O) groups excluding carboxylic acids is 1. The third-order valence-corrected chi connectivity index (χ3v) is 3.45. The third-order valence-electron chi connectivity index (χ3n) is 3.45. The number of nitrogen functional groups attached to an aromatic ring is 1. The highest BCUT2D eigenvalue weighted by Crippen LogP contribution is 2.23. The Morgan fingerprint density at radius 2 is 1.60 bits per heavy atom. The van der Waals surface area contributed by atoms with Crippen LogP contribution in [0.25, 0.3) is 0 Å². The van der Waals surface area contributed by atoms with Gasteiger partial charge in [-0.05, 0) is 28.7 Å². The van der Waals surface area contributed by atoms with Crippen LogP contribution in [0.15, 0.2) is 48.5 Å². The van der Waals surface area contributed by atoms with Gasteiger partial charge in [0.15, 0.2) is 5.78 Å². The first-order valence-electron chi connectivity index (χ1n) is 6.85. The van der Waals surface area contributed by atoms with Gasteiger partial charge in [0.1, 0.15) is 0 Å². The number of hydrogen-bond acceptors (Lipinski definition) is 2. The molecule has 2 aromatic rings. The van der Waals surface area contributed by atoms with E-state index in [1.165, 1.54) is 5.56 Å². The van der Waals surface area contributed by atoms with Crippen LogP contribution >= 0.6 is 0 Å². The van der Waals surface area contributed by atoms with Crippen molar-refractivity contribution in [3.63, 3.8) is 0 Å². The van der Waals surface area contributed by atoms with E-state index in [0.717, 1.165) is 5.56 Å². The van der Waals surface area contributed by atoms with Crippen molar-refractivity contribution in [2.24, 2.45) is 0 Å². The molecule has 0 atom stereocenters. The quantitative estimate of drug-likeness (QED) is 0.675. The fourth-order valence-corrected chi connectivity index (χ4v) is 2.15. The Bertz CT molecular complexity index is 606. The van der Waals surface area contributed by atoms with Gasteiger partial charge in [-0.1, -0.05) is 57.2 Å². The number of ketones is 1. The Hall–Kier alpha value is -2.09. The molecule has 2 aromatic carbocycles. The van der Waals surface area contributed by atoms with Gasteiger partial charge in [-0.15, -0.1) is 0 Å². The molecule has 2 rings (SSSR count). The van der Waals surface area contributed by atoms with Gasteiger partial charge in [-0.25, -0.2) is 0 Å². The van der Waals surface area contributed by atoms with E-state index < -0.39 is 0 Å². The highest BCUT2D eigenvalue weighted by molar-refractivity contribution is 6.01. The van der Waals surface area contributed by atoms with E-state index in [-0.39, 0.29) is 11.2 Å². The van der Waals surface area contributed by atoms with Crippen LogP contribution in [0.1, 0.15) is 42.3 Å². The SMILES string of the molecule is CC(C)(C)c1ccc(CC(=O)c2ccccc2N)cc1. The standard InChI is InChI=1S/C18H21NO/c1-18(2,3)14-10-8-13(9-11-14)12-17(20)15-6-4-5-7-16(15)19/h4-11H,12,19H2,1-3H3. The summed E-state index contributed by atoms with van der Waals surface area (Å²) in [5.74, 6) is 0.0617. The molecule has 0 radical (unpaired) electrons. The van der Waals surface area contributed by atoms with Crippen molar-refractivity contribution < 1.29 is 4.79 Å². The molecule has 0 bridgehead atoms. The molecular formula is C18H21NO. The maximum Gasteiger partial charge on any atom is 0.169 e. The molecule has 0 heterocycles. The van der Waals surface area contributed by atoms with Gasteiger partial charge in [-0.3, -0.25) is 4.79 Å². The third kappa shape index (κ3) is 3.27. The first-order valence-corrected chi connectivity index (χ1v) is 6.85. The number of Topliss-reactive ketones (excluding diaryl/α,β-unsaturated/α-hetero) is 1. The highest BCUT2D eigenvalue weighted by atomic mass is 16.1. The van der Waals surface area contributed by atoms with E-state index in [2.05, 4.69) is 32.9 Å². The second kappa shape index (κ2) is 5.49. The molecule has 0 amide bonds. The monoisotopic (exact) mass is 267 g/mol. The van der Waals surface area contributed by atoms with Crippen LogP contribution in [0.5, 0.6) is 0 Å². The van der Waals surface area contributed by atoms with Gasteiger partial charge >= 0.3 is 0 Å². The number of hydrogen-bond donors (Lipinski definition) is 1. The van der Waals surface area contributed by atoms with Gasteiger partial charge in [0.05, 0.1) is 0 Å². The smallest absolute Gasteiger partial charge is 0.169 e. The maximum absolute atomic E-state index is 12.2. The molecule has 0 aliphatic rings. The average molecular weight is 267 g/mol. The lowest BCUT2D eigenvalue weighted by atomic mass is 9.86. The van der Waals surface area contributed by atoms with Crippen LogP contribution in [-0.4, -0.2) is 5.78 Å². The van der Waals surface area contributed by atoms with Crippen LogP contribution in [0.4, 0.5) is 5.69 Å². The van der Waals surface area contributed by atoms with Crippen molar-refractivity contribution in [3.8, 4) is 0 Å². The Morgan fingerprint density at radius 1 is 1.00 bits per heavy atom. The van der Waals surface area contributed by atoms with E-state index in [1.54, 1.807) is 12.1 Å². The lowest BCUT2D eigenvalue weighted by Crippen LogP contribution is -2.11. The summed E-state index contributed by atoms with van der Waals surface area (Å²) in [6.07, 6.45) is 0.388. The van der Waals surface area contributed by atoms with Crippen molar-refractivity contribution in [2.75, 3.05) is 5.73 Å². The lowest BCUT2D eigenvalue weighted by molar-refractivity contribution is 0.0994. The molecule has 2 heteroatoms. The molecule has 2 nitrogen and oxygen atoms in total. The summed E-state index contributed by atoms with van der Waals surface area (Å²) in [7, 11) is 0. The zero-order valence-electron chi connectivity index (χ0n) is 12.3. The molecule has 0 aromatic heterocycles. The molecule has 0 spiro atoms. The second-order valence-electron chi connectivity index (χ2n) is 6.13. The Morgan fingerprint density at radius 3 is 2.15 bits per heavy atom. The van der Waals surface area contributed by atoms with Crippen LogP contribution < -0.4 is 5.73 Å². The van der Waals surface area contributed by atoms with E-state index in [1.807, 2.05) is 24.3 Å². The fourth-order valence-electron chi connectivity index (χ4n) is 2.15. The second-order valence-corrected chi connectivity index (χ2v) is 6.13. The van der Waals surface area contributed by atoms with Crippen molar-refractivity contribution in [1.82, 2.24) is 0 Å². The van der Waals surface area contributed by atoms with Crippen LogP contribution in [0.2, 0.25) is 0 Å². The lowest BCUT2D eigenvalue weighted by Gasteiger charge is -2.19. The molecule has 20 heavy (non-hydrogen) atoms. The number of rotatable bonds is 3. The largest absolute Gasteiger partial charge is 0.398 e.